The first-order valence-electron chi connectivity index (χ1n) is 30.2. The molecule has 0 amide bonds. The van der Waals surface area contributed by atoms with E-state index >= 15 is 0 Å². The molecule has 12 unspecified atom stereocenters. The largest absolute Gasteiger partial charge is 0.472 e. The van der Waals surface area contributed by atoms with Crippen molar-refractivity contribution in [2.45, 2.75) is 192 Å². The number of aromatic nitrogens is 6. The molecule has 12 atom stereocenters. The molecule has 0 bridgehead atoms. The molecule has 3 aliphatic heterocycles. The van der Waals surface area contributed by atoms with Crippen LogP contribution in [0.2, 0.25) is 22.2 Å². The fourth-order valence-corrected chi connectivity index (χ4v) is 27.2. The molecule has 35 nitrogen and oxygen atoms in total. The molecule has 3 aromatic heterocycles. The maximum absolute atomic E-state index is 14.4. The smallest absolute Gasteiger partial charge is 0.414 e. The molecule has 0 radical (unpaired) electrons. The Bertz CT molecular complexity index is 3570. The molecular weight excluding hydrogens is 1400 g/mol. The number of phosphoric acid groups is 4. The molecule has 3 aliphatic rings. The molecule has 0 saturated carbocycles. The third-order valence-corrected chi connectivity index (χ3v) is 31.9. The Kier molecular flexibility index (Phi) is 29.6. The Balaban J connectivity index is 1.23. The van der Waals surface area contributed by atoms with E-state index in [0.29, 0.717) is 18.6 Å². The summed E-state index contributed by atoms with van der Waals surface area (Å²) in [4.78, 5) is 135. The fourth-order valence-electron chi connectivity index (χ4n) is 10.7. The number of H-pyrrole nitrogens is 3. The second-order valence-electron chi connectivity index (χ2n) is 23.9. The zero-order valence-corrected chi connectivity index (χ0v) is 61.1. The molecule has 0 spiro atoms. The fraction of sp³-hybridized carbons (Fsp3) is 0.765. The van der Waals surface area contributed by atoms with Gasteiger partial charge in [0, 0.05) is 79.3 Å². The average Bonchev–Trinajstić information content (AvgIpc) is 1.14. The van der Waals surface area contributed by atoms with Gasteiger partial charge in [-0.15, -0.1) is 0 Å². The summed E-state index contributed by atoms with van der Waals surface area (Å²) in [5.41, 5.74) is -5.82. The summed E-state index contributed by atoms with van der Waals surface area (Å²) in [6.07, 6.45) is -9.02. The highest BCUT2D eigenvalue weighted by molar-refractivity contribution is 8.76. The van der Waals surface area contributed by atoms with Gasteiger partial charge in [-0.1, -0.05) is 77.0 Å². The van der Waals surface area contributed by atoms with Crippen molar-refractivity contribution in [1.29, 1.82) is 0 Å². The van der Waals surface area contributed by atoms with Crippen LogP contribution in [-0.4, -0.2) is 170 Å². The summed E-state index contributed by atoms with van der Waals surface area (Å²) in [7, 11) is -24.4. The lowest BCUT2D eigenvalue weighted by Gasteiger charge is -2.49. The van der Waals surface area contributed by atoms with E-state index in [-0.39, 0.29) is 78.1 Å². The maximum atomic E-state index is 14.4. The van der Waals surface area contributed by atoms with Gasteiger partial charge in [0.25, 0.3) is 16.7 Å². The van der Waals surface area contributed by atoms with Crippen LogP contribution in [0.3, 0.4) is 0 Å². The topological polar surface area (TPSA) is 474 Å². The Morgan fingerprint density at radius 1 is 0.511 bits per heavy atom. The number of aryl methyl sites for hydroxylation is 3. The molecule has 6 heterocycles. The van der Waals surface area contributed by atoms with E-state index in [2.05, 4.69) is 19.5 Å². The number of phosphoric ester groups is 4. The van der Waals surface area contributed by atoms with Crippen molar-refractivity contribution in [3.05, 3.63) is 97.8 Å². The third-order valence-electron chi connectivity index (χ3n) is 15.5. The summed E-state index contributed by atoms with van der Waals surface area (Å²) in [5, 5.41) is 8.96. The van der Waals surface area contributed by atoms with E-state index in [4.69, 9.17) is 59.4 Å². The second-order valence-corrected chi connectivity index (χ2v) is 40.9. The van der Waals surface area contributed by atoms with Crippen LogP contribution >= 0.6 is 52.9 Å². The van der Waals surface area contributed by atoms with Crippen LogP contribution in [0, 0.1) is 20.8 Å². The van der Waals surface area contributed by atoms with E-state index < -0.39 is 170 Å². The number of aliphatic hydroxyl groups is 1. The van der Waals surface area contributed by atoms with Gasteiger partial charge in [-0.2, -0.15) is 0 Å². The van der Waals surface area contributed by atoms with Gasteiger partial charge in [0.05, 0.1) is 39.1 Å². The zero-order valence-electron chi connectivity index (χ0n) is 53.9. The predicted molar refractivity (Wildman–Crippen MR) is 344 cm³/mol. The number of ether oxygens (including phenoxy) is 3. The highest BCUT2D eigenvalue weighted by atomic mass is 33.1. The van der Waals surface area contributed by atoms with Crippen LogP contribution in [-0.2, 0) is 77.1 Å². The quantitative estimate of drug-likeness (QED) is 0.0154. The van der Waals surface area contributed by atoms with E-state index in [0.717, 1.165) is 31.8 Å². The van der Waals surface area contributed by atoms with Gasteiger partial charge in [-0.05, 0) is 62.2 Å². The van der Waals surface area contributed by atoms with Crippen LogP contribution < -0.4 is 33.7 Å². The van der Waals surface area contributed by atoms with Gasteiger partial charge in [0.15, 0.2) is 0 Å². The highest BCUT2D eigenvalue weighted by Crippen LogP contribution is 2.54. The first kappa shape index (κ1) is 80.3. The normalized spacial score (nSPS) is 24.2. The Morgan fingerprint density at radius 3 is 1.26 bits per heavy atom. The average molecular weight is 1490 g/mol. The van der Waals surface area contributed by atoms with Gasteiger partial charge in [0.1, 0.15) is 49.2 Å². The lowest BCUT2D eigenvalue weighted by Crippen LogP contribution is -2.62. The van der Waals surface area contributed by atoms with Crippen molar-refractivity contribution < 1.29 is 107 Å². The lowest BCUT2D eigenvalue weighted by molar-refractivity contribution is -0.0619. The minimum Gasteiger partial charge on any atom is -0.414 e. The van der Waals surface area contributed by atoms with Crippen LogP contribution in [0.1, 0.15) is 129 Å². The molecule has 3 saturated heterocycles. The number of aromatic amines is 3. The monoisotopic (exact) mass is 1490 g/mol. The highest BCUT2D eigenvalue weighted by Gasteiger charge is 2.59. The number of aliphatic hydroxyl groups excluding tert-OH is 1. The van der Waals surface area contributed by atoms with Gasteiger partial charge in [0.2, 0.25) is 0 Å². The molecule has 43 heteroatoms. The number of nitrogens with zero attached hydrogens (tertiary/aromatic N) is 3. The summed E-state index contributed by atoms with van der Waals surface area (Å²) >= 11 is 0. The molecule has 6 rings (SSSR count). The molecule has 9 N–H and O–H groups in total. The van der Waals surface area contributed by atoms with Gasteiger partial charge < -0.3 is 56.8 Å². The van der Waals surface area contributed by atoms with E-state index in [9.17, 15) is 71.5 Å². The van der Waals surface area contributed by atoms with Gasteiger partial charge in [-0.3, -0.25) is 74.7 Å². The van der Waals surface area contributed by atoms with Crippen LogP contribution in [0.15, 0.2) is 47.4 Å². The predicted octanol–water partition coefficient (Wildman–Crippen LogP) is 5.16. The summed E-state index contributed by atoms with van der Waals surface area (Å²) in [5.74, 6) is 1.44. The number of rotatable bonds is 39. The van der Waals surface area contributed by atoms with Crippen molar-refractivity contribution >= 4 is 70.0 Å². The molecule has 94 heavy (non-hydrogen) atoms. The van der Waals surface area contributed by atoms with E-state index in [1.165, 1.54) is 27.0 Å². The third kappa shape index (κ3) is 22.2. The first-order chi connectivity index (χ1) is 43.8. The zero-order chi connectivity index (χ0) is 69.9. The minimum atomic E-state index is -5.41. The van der Waals surface area contributed by atoms with E-state index in [1.807, 2.05) is 55.4 Å². The van der Waals surface area contributed by atoms with Crippen LogP contribution in [0.4, 0.5) is 0 Å². The number of hydrogen-bond acceptors (Lipinski definition) is 26. The van der Waals surface area contributed by atoms with Crippen molar-refractivity contribution in [2.75, 3.05) is 57.8 Å². The van der Waals surface area contributed by atoms with E-state index in [1.54, 1.807) is 21.6 Å². The molecular formula is C51H88N6O29P4S2Si2. The Morgan fingerprint density at radius 2 is 0.872 bits per heavy atom. The molecule has 0 aliphatic carbocycles. The van der Waals surface area contributed by atoms with Crippen LogP contribution in [0.25, 0.3) is 0 Å². The maximum Gasteiger partial charge on any atom is 0.472 e. The van der Waals surface area contributed by atoms with Crippen molar-refractivity contribution in [3.8, 4) is 0 Å². The molecule has 3 aromatic rings. The number of hydrogen-bond donors (Lipinski definition) is 9. The summed E-state index contributed by atoms with van der Waals surface area (Å²) < 4.78 is 133. The SMILES string of the molecule is Cc1cn(C2CC(O[Si](O[Si](OCCCOP(=O)(O)OCCCSSCCCO)(C(C)C)C(C)C)(C(C)C)C(C)C)C(COP(=O)(O)OC3CC(n4cc(C)c(=O)[nH]c4=O)OC3COP(=O)(O)OC3CC(n4cc(C)c(=O)[nH]c4=O)OC3COP(=O)(O)O)O2)c(=O)[nH]c1=O. The summed E-state index contributed by atoms with van der Waals surface area (Å²) in [6.45, 7) is 16.9. The van der Waals surface area contributed by atoms with Crippen molar-refractivity contribution in [1.82, 2.24) is 28.7 Å². The number of nitrogens with one attached hydrogen (secondary N) is 3. The lowest BCUT2D eigenvalue weighted by atomic mass is 10.2. The Hall–Kier alpha value is -2.67. The van der Waals surface area contributed by atoms with Gasteiger partial charge in [-0.25, -0.2) is 32.6 Å². The van der Waals surface area contributed by atoms with Gasteiger partial charge >= 0.3 is 65.5 Å². The van der Waals surface area contributed by atoms with Crippen LogP contribution in [0.5, 0.6) is 0 Å². The first-order valence-corrected chi connectivity index (χ1v) is 42.7. The Labute approximate surface area is 550 Å². The van der Waals surface area contributed by atoms with Crippen molar-refractivity contribution in [2.24, 2.45) is 0 Å². The molecule has 0 aromatic carbocycles. The standard InChI is InChI=1S/C51H88N6O29P4S2Si2/c1-30(2)93(31(3)4,79-18-13-16-74-88(68,69)75-17-14-20-92-91-19-12-15-58)86-94(32(5)6,33(7)8)85-39-23-45(57-26-36(11)48(61)54-51(57)64)82-42(39)29-78-90(72,73)84-38-22-44(56-25-35(10)47(60)53-50(56)63)81-41(38)28-77-89(70,71)83-37-21-43(80-40(37)27-76-87(65,66)67)55-24-34(9)46(59)52-49(55)62/h24-26,30-33,37-45,58H,12-23,27-29H2,1-11H3,(H,68,69)(H,70,71)(H,72,73)(H,52,59,62)(H,53,60,63)(H,54,61,64)(H2,65,66,67). The molecule has 3 fully saturated rings. The summed E-state index contributed by atoms with van der Waals surface area (Å²) in [6, 6.07) is 0. The second kappa shape index (κ2) is 34.6. The van der Waals surface area contributed by atoms with Crippen molar-refractivity contribution in [3.63, 3.8) is 0 Å². The molecule has 536 valence electrons. The minimum absolute atomic E-state index is 0.00775.